The van der Waals surface area contributed by atoms with Crippen molar-refractivity contribution in [1.82, 2.24) is 5.32 Å². The first-order valence-corrected chi connectivity index (χ1v) is 3.96. The lowest BCUT2D eigenvalue weighted by Crippen LogP contribution is -2.22. The number of rotatable bonds is 1. The zero-order valence-corrected chi connectivity index (χ0v) is 7.76. The Morgan fingerprint density at radius 1 is 1.62 bits per heavy atom. The summed E-state index contributed by atoms with van der Waals surface area (Å²) in [6.07, 6.45) is -0.575. The third kappa shape index (κ3) is 2.52. The van der Waals surface area contributed by atoms with Gasteiger partial charge in [0.25, 0.3) is 0 Å². The van der Waals surface area contributed by atoms with Crippen LogP contribution in [-0.4, -0.2) is 13.1 Å². The molecule has 0 aliphatic carbocycles. The van der Waals surface area contributed by atoms with E-state index in [4.69, 9.17) is 22.1 Å². The zero-order chi connectivity index (χ0) is 9.84. The SMILES string of the molecule is CNC(=O)Oc1cc(Cl)ccc1N. The van der Waals surface area contributed by atoms with Crippen molar-refractivity contribution in [2.45, 2.75) is 0 Å². The van der Waals surface area contributed by atoms with E-state index in [1.165, 1.54) is 13.1 Å². The van der Waals surface area contributed by atoms with E-state index in [0.717, 1.165) is 0 Å². The molecular formula is C8H9ClN2O2. The van der Waals surface area contributed by atoms with E-state index >= 15 is 0 Å². The average molecular weight is 201 g/mol. The molecule has 0 spiro atoms. The van der Waals surface area contributed by atoms with E-state index in [9.17, 15) is 4.79 Å². The molecule has 0 unspecified atom stereocenters. The number of halogens is 1. The van der Waals surface area contributed by atoms with E-state index in [0.29, 0.717) is 10.7 Å². The van der Waals surface area contributed by atoms with E-state index in [1.807, 2.05) is 0 Å². The Labute approximate surface area is 80.6 Å². The van der Waals surface area contributed by atoms with Gasteiger partial charge < -0.3 is 15.8 Å². The van der Waals surface area contributed by atoms with Crippen LogP contribution < -0.4 is 15.8 Å². The molecule has 3 N–H and O–H groups in total. The molecule has 13 heavy (non-hydrogen) atoms. The van der Waals surface area contributed by atoms with Crippen molar-refractivity contribution in [3.8, 4) is 5.75 Å². The van der Waals surface area contributed by atoms with Gasteiger partial charge in [0, 0.05) is 18.1 Å². The number of carbonyl (C=O) groups is 1. The molecule has 1 aromatic carbocycles. The van der Waals surface area contributed by atoms with Crippen LogP contribution in [0.25, 0.3) is 0 Å². The summed E-state index contributed by atoms with van der Waals surface area (Å²) < 4.78 is 4.82. The third-order valence-corrected chi connectivity index (χ3v) is 1.62. The fourth-order valence-electron chi connectivity index (χ4n) is 0.747. The van der Waals surface area contributed by atoms with E-state index in [1.54, 1.807) is 12.1 Å². The second-order valence-electron chi connectivity index (χ2n) is 2.32. The summed E-state index contributed by atoms with van der Waals surface area (Å²) in [5, 5.41) is 2.77. The Bertz CT molecular complexity index is 328. The Hall–Kier alpha value is -1.42. The first-order chi connectivity index (χ1) is 6.13. The molecule has 0 saturated heterocycles. The van der Waals surface area contributed by atoms with Crippen LogP contribution >= 0.6 is 11.6 Å². The van der Waals surface area contributed by atoms with Gasteiger partial charge in [-0.1, -0.05) is 11.6 Å². The minimum atomic E-state index is -0.575. The summed E-state index contributed by atoms with van der Waals surface area (Å²) in [5.74, 6) is 0.256. The minimum Gasteiger partial charge on any atom is -0.408 e. The van der Waals surface area contributed by atoms with Crippen molar-refractivity contribution >= 4 is 23.4 Å². The highest BCUT2D eigenvalue weighted by molar-refractivity contribution is 6.30. The molecule has 1 amide bonds. The first-order valence-electron chi connectivity index (χ1n) is 3.58. The van der Waals surface area contributed by atoms with Crippen molar-refractivity contribution < 1.29 is 9.53 Å². The van der Waals surface area contributed by atoms with Crippen LogP contribution in [0.5, 0.6) is 5.75 Å². The minimum absolute atomic E-state index is 0.256. The molecule has 0 fully saturated rings. The van der Waals surface area contributed by atoms with Gasteiger partial charge in [0.15, 0.2) is 5.75 Å². The summed E-state index contributed by atoms with van der Waals surface area (Å²) >= 11 is 5.68. The topological polar surface area (TPSA) is 64.3 Å². The monoisotopic (exact) mass is 200 g/mol. The van der Waals surface area contributed by atoms with Gasteiger partial charge in [-0.3, -0.25) is 0 Å². The molecule has 0 aliphatic rings. The molecule has 4 nitrogen and oxygen atoms in total. The maximum atomic E-state index is 10.8. The number of anilines is 1. The van der Waals surface area contributed by atoms with Crippen molar-refractivity contribution in [3.63, 3.8) is 0 Å². The second kappa shape index (κ2) is 4.00. The highest BCUT2D eigenvalue weighted by Gasteiger charge is 2.05. The molecule has 0 heterocycles. The Morgan fingerprint density at radius 3 is 2.92 bits per heavy atom. The van der Waals surface area contributed by atoms with Gasteiger partial charge in [0.2, 0.25) is 0 Å². The largest absolute Gasteiger partial charge is 0.412 e. The van der Waals surface area contributed by atoms with Crippen LogP contribution in [0.4, 0.5) is 10.5 Å². The Balaban J connectivity index is 2.87. The first kappa shape index (κ1) is 9.67. The number of nitrogens with two attached hydrogens (primary N) is 1. The maximum Gasteiger partial charge on any atom is 0.412 e. The van der Waals surface area contributed by atoms with Gasteiger partial charge in [0.05, 0.1) is 5.69 Å². The van der Waals surface area contributed by atoms with E-state index < -0.39 is 6.09 Å². The van der Waals surface area contributed by atoms with E-state index in [-0.39, 0.29) is 5.75 Å². The predicted octanol–water partition coefficient (Wildman–Crippen LogP) is 1.64. The predicted molar refractivity (Wildman–Crippen MR) is 50.9 cm³/mol. The fraction of sp³-hybridized carbons (Fsp3) is 0.125. The van der Waals surface area contributed by atoms with E-state index in [2.05, 4.69) is 5.32 Å². The molecule has 0 saturated carbocycles. The number of hydrogen-bond donors (Lipinski definition) is 2. The molecule has 0 atom stereocenters. The molecule has 70 valence electrons. The number of amides is 1. The van der Waals surface area contributed by atoms with Crippen molar-refractivity contribution in [3.05, 3.63) is 23.2 Å². The smallest absolute Gasteiger partial charge is 0.408 e. The number of benzene rings is 1. The maximum absolute atomic E-state index is 10.8. The lowest BCUT2D eigenvalue weighted by atomic mass is 10.3. The van der Waals surface area contributed by atoms with Gasteiger partial charge in [-0.2, -0.15) is 0 Å². The second-order valence-corrected chi connectivity index (χ2v) is 2.76. The quantitative estimate of drug-likeness (QED) is 0.678. The highest BCUT2D eigenvalue weighted by atomic mass is 35.5. The summed E-state index contributed by atoms with van der Waals surface area (Å²) in [6.45, 7) is 0. The van der Waals surface area contributed by atoms with Crippen molar-refractivity contribution in [2.24, 2.45) is 0 Å². The number of hydrogen-bond acceptors (Lipinski definition) is 3. The Kier molecular flexibility index (Phi) is 2.97. The summed E-state index contributed by atoms with van der Waals surface area (Å²) in [4.78, 5) is 10.8. The highest BCUT2D eigenvalue weighted by Crippen LogP contribution is 2.25. The molecule has 0 bridgehead atoms. The van der Waals surface area contributed by atoms with Crippen LogP contribution in [0.1, 0.15) is 0 Å². The average Bonchev–Trinajstić information content (AvgIpc) is 2.11. The summed E-state index contributed by atoms with van der Waals surface area (Å²) in [6, 6.07) is 4.67. The molecule has 0 aromatic heterocycles. The number of carbonyl (C=O) groups excluding carboxylic acids is 1. The molecular weight excluding hydrogens is 192 g/mol. The van der Waals surface area contributed by atoms with Gasteiger partial charge in [-0.15, -0.1) is 0 Å². The number of nitrogen functional groups attached to an aromatic ring is 1. The van der Waals surface area contributed by atoms with Gasteiger partial charge in [-0.05, 0) is 12.1 Å². The third-order valence-electron chi connectivity index (χ3n) is 1.38. The van der Waals surface area contributed by atoms with Crippen LogP contribution in [0, 0.1) is 0 Å². The zero-order valence-electron chi connectivity index (χ0n) is 7.00. The standard InChI is InChI=1S/C8H9ClN2O2/c1-11-8(12)13-7-4-5(9)2-3-6(7)10/h2-4H,10H2,1H3,(H,11,12). The normalized spacial score (nSPS) is 9.38. The molecule has 0 radical (unpaired) electrons. The summed E-state index contributed by atoms with van der Waals surface area (Å²) in [7, 11) is 1.46. The molecule has 1 rings (SSSR count). The molecule has 5 heteroatoms. The fourth-order valence-corrected chi connectivity index (χ4v) is 0.910. The number of nitrogens with one attached hydrogen (secondary N) is 1. The lowest BCUT2D eigenvalue weighted by Gasteiger charge is -2.05. The van der Waals surface area contributed by atoms with Gasteiger partial charge in [0.1, 0.15) is 0 Å². The van der Waals surface area contributed by atoms with Crippen molar-refractivity contribution in [1.29, 1.82) is 0 Å². The van der Waals surface area contributed by atoms with Crippen molar-refractivity contribution in [2.75, 3.05) is 12.8 Å². The van der Waals surface area contributed by atoms with Crippen LogP contribution in [-0.2, 0) is 0 Å². The molecule has 1 aromatic rings. The summed E-state index contributed by atoms with van der Waals surface area (Å²) in [5.41, 5.74) is 5.90. The van der Waals surface area contributed by atoms with Crippen LogP contribution in [0.3, 0.4) is 0 Å². The van der Waals surface area contributed by atoms with Gasteiger partial charge >= 0.3 is 6.09 Å². The lowest BCUT2D eigenvalue weighted by molar-refractivity contribution is 0.203. The van der Waals surface area contributed by atoms with Gasteiger partial charge in [-0.25, -0.2) is 4.79 Å². The van der Waals surface area contributed by atoms with Crippen LogP contribution in [0.15, 0.2) is 18.2 Å². The Morgan fingerprint density at radius 2 is 2.31 bits per heavy atom. The molecule has 0 aliphatic heterocycles. The van der Waals surface area contributed by atoms with Crippen LogP contribution in [0.2, 0.25) is 5.02 Å². The number of ether oxygens (including phenoxy) is 1.